The average molecular weight is 323 g/mol. The number of hydrogen-bond acceptors (Lipinski definition) is 4. The molecule has 0 unspecified atom stereocenters. The molecule has 0 aliphatic rings. The lowest BCUT2D eigenvalue weighted by molar-refractivity contribution is 0.0947. The molecule has 0 fully saturated rings. The van der Waals surface area contributed by atoms with Crippen LogP contribution in [-0.4, -0.2) is 13.0 Å². The average Bonchev–Trinajstić information content (AvgIpc) is 2.60. The van der Waals surface area contributed by atoms with Gasteiger partial charge in [0.2, 0.25) is 0 Å². The van der Waals surface area contributed by atoms with Crippen LogP contribution in [0, 0.1) is 6.92 Å². The van der Waals surface area contributed by atoms with E-state index in [0.29, 0.717) is 12.1 Å². The van der Waals surface area contributed by atoms with Crippen molar-refractivity contribution in [3.8, 4) is 5.75 Å². The fraction of sp³-hybridized carbons (Fsp3) is 0.158. The normalized spacial score (nSPS) is 10.6. The Hall–Kier alpha value is -3.08. The highest BCUT2D eigenvalue weighted by atomic mass is 16.5. The molecule has 0 saturated heterocycles. The summed E-state index contributed by atoms with van der Waals surface area (Å²) >= 11 is 0. The molecular formula is C19H17NO4. The van der Waals surface area contributed by atoms with Crippen LogP contribution >= 0.6 is 0 Å². The van der Waals surface area contributed by atoms with E-state index in [1.807, 2.05) is 43.3 Å². The zero-order valence-corrected chi connectivity index (χ0v) is 13.5. The van der Waals surface area contributed by atoms with Crippen LogP contribution in [0.15, 0.2) is 57.7 Å². The molecule has 3 rings (SSSR count). The van der Waals surface area contributed by atoms with Gasteiger partial charge < -0.3 is 14.5 Å². The van der Waals surface area contributed by atoms with Crippen LogP contribution in [0.4, 0.5) is 0 Å². The zero-order valence-electron chi connectivity index (χ0n) is 13.5. The van der Waals surface area contributed by atoms with Gasteiger partial charge in [-0.3, -0.25) is 4.79 Å². The van der Waals surface area contributed by atoms with Crippen molar-refractivity contribution in [2.24, 2.45) is 0 Å². The molecule has 0 spiro atoms. The van der Waals surface area contributed by atoms with Crippen molar-refractivity contribution in [1.82, 2.24) is 5.32 Å². The summed E-state index contributed by atoms with van der Waals surface area (Å²) in [7, 11) is 1.59. The highest BCUT2D eigenvalue weighted by Gasteiger charge is 2.13. The Kier molecular flexibility index (Phi) is 4.33. The van der Waals surface area contributed by atoms with Gasteiger partial charge in [0.25, 0.3) is 5.91 Å². The number of nitrogens with one attached hydrogen (secondary N) is 1. The number of ether oxygens (including phenoxy) is 1. The minimum Gasteiger partial charge on any atom is -0.497 e. The predicted octanol–water partition coefficient (Wildman–Crippen LogP) is 3.04. The Labute approximate surface area is 138 Å². The third-order valence-corrected chi connectivity index (χ3v) is 3.74. The molecule has 1 heterocycles. The van der Waals surface area contributed by atoms with Crippen molar-refractivity contribution in [3.05, 3.63) is 75.6 Å². The quantitative estimate of drug-likeness (QED) is 0.749. The highest BCUT2D eigenvalue weighted by molar-refractivity contribution is 5.96. The summed E-state index contributed by atoms with van der Waals surface area (Å²) in [5.74, 6) is 0.290. The molecule has 1 N–H and O–H groups in total. The summed E-state index contributed by atoms with van der Waals surface area (Å²) in [5.41, 5.74) is 1.77. The van der Waals surface area contributed by atoms with E-state index in [0.717, 1.165) is 22.3 Å². The Bertz CT molecular complexity index is 942. The van der Waals surface area contributed by atoms with Crippen LogP contribution in [0.5, 0.6) is 5.75 Å². The number of aryl methyl sites for hydroxylation is 1. The number of fused-ring (bicyclic) bond motifs is 1. The summed E-state index contributed by atoms with van der Waals surface area (Å²) in [5, 5.41) is 3.46. The Morgan fingerprint density at radius 2 is 1.88 bits per heavy atom. The number of carbonyl (C=O) groups excluding carboxylic acids is 1. The van der Waals surface area contributed by atoms with Gasteiger partial charge >= 0.3 is 5.63 Å². The molecule has 5 heteroatoms. The van der Waals surface area contributed by atoms with Crippen molar-refractivity contribution in [1.29, 1.82) is 0 Å². The number of rotatable bonds is 4. The maximum absolute atomic E-state index is 12.3. The topological polar surface area (TPSA) is 68.5 Å². The summed E-state index contributed by atoms with van der Waals surface area (Å²) in [6.45, 7) is 2.25. The fourth-order valence-corrected chi connectivity index (χ4v) is 2.42. The lowest BCUT2D eigenvalue weighted by atomic mass is 10.1. The fourth-order valence-electron chi connectivity index (χ4n) is 2.42. The van der Waals surface area contributed by atoms with Gasteiger partial charge in [-0.1, -0.05) is 23.8 Å². The maximum Gasteiger partial charge on any atom is 0.349 e. The Balaban J connectivity index is 1.80. The predicted molar refractivity (Wildman–Crippen MR) is 91.4 cm³/mol. The van der Waals surface area contributed by atoms with E-state index in [1.165, 1.54) is 0 Å². The lowest BCUT2D eigenvalue weighted by Crippen LogP contribution is -2.27. The molecule has 0 atom stereocenters. The molecular weight excluding hydrogens is 306 g/mol. The van der Waals surface area contributed by atoms with Crippen LogP contribution in [-0.2, 0) is 6.54 Å². The Morgan fingerprint density at radius 3 is 2.58 bits per heavy atom. The van der Waals surface area contributed by atoms with E-state index in [1.54, 1.807) is 19.2 Å². The van der Waals surface area contributed by atoms with E-state index < -0.39 is 11.5 Å². The SMILES string of the molecule is COc1ccc(CNC(=O)c2cc3cc(C)ccc3oc2=O)cc1. The first-order chi connectivity index (χ1) is 11.6. The second-order valence-corrected chi connectivity index (χ2v) is 5.52. The smallest absolute Gasteiger partial charge is 0.349 e. The van der Waals surface area contributed by atoms with E-state index in [4.69, 9.17) is 9.15 Å². The van der Waals surface area contributed by atoms with E-state index in [-0.39, 0.29) is 5.56 Å². The first kappa shape index (κ1) is 15.8. The minimum atomic E-state index is -0.640. The number of methoxy groups -OCH3 is 1. The van der Waals surface area contributed by atoms with Crippen molar-refractivity contribution in [2.75, 3.05) is 7.11 Å². The molecule has 3 aromatic rings. The van der Waals surface area contributed by atoms with E-state index >= 15 is 0 Å². The highest BCUT2D eigenvalue weighted by Crippen LogP contribution is 2.15. The second kappa shape index (κ2) is 6.58. The molecule has 122 valence electrons. The van der Waals surface area contributed by atoms with E-state index in [9.17, 15) is 9.59 Å². The first-order valence-electron chi connectivity index (χ1n) is 7.52. The number of hydrogen-bond donors (Lipinski definition) is 1. The Morgan fingerprint density at radius 1 is 1.12 bits per heavy atom. The van der Waals surface area contributed by atoms with Gasteiger partial charge in [0, 0.05) is 11.9 Å². The molecule has 1 amide bonds. The standard InChI is InChI=1S/C19H17NO4/c1-12-3-8-17-14(9-12)10-16(19(22)24-17)18(21)20-11-13-4-6-15(23-2)7-5-13/h3-10H,11H2,1-2H3,(H,20,21). The summed E-state index contributed by atoms with van der Waals surface area (Å²) < 4.78 is 10.3. The first-order valence-corrected chi connectivity index (χ1v) is 7.52. The minimum absolute atomic E-state index is 0.00149. The third-order valence-electron chi connectivity index (χ3n) is 3.74. The van der Waals surface area contributed by atoms with Gasteiger partial charge in [-0.2, -0.15) is 0 Å². The lowest BCUT2D eigenvalue weighted by Gasteiger charge is -2.06. The summed E-state index contributed by atoms with van der Waals surface area (Å²) in [6.07, 6.45) is 0. The van der Waals surface area contributed by atoms with Gasteiger partial charge in [0.05, 0.1) is 7.11 Å². The summed E-state index contributed by atoms with van der Waals surface area (Å²) in [4.78, 5) is 24.3. The molecule has 5 nitrogen and oxygen atoms in total. The van der Waals surface area contributed by atoms with Crippen LogP contribution < -0.4 is 15.7 Å². The molecule has 0 radical (unpaired) electrons. The second-order valence-electron chi connectivity index (χ2n) is 5.52. The van der Waals surface area contributed by atoms with Gasteiger partial charge in [-0.25, -0.2) is 4.79 Å². The molecule has 24 heavy (non-hydrogen) atoms. The number of benzene rings is 2. The van der Waals surface area contributed by atoms with Crippen molar-refractivity contribution < 1.29 is 13.9 Å². The van der Waals surface area contributed by atoms with Crippen molar-refractivity contribution in [2.45, 2.75) is 13.5 Å². The van der Waals surface area contributed by atoms with Crippen molar-refractivity contribution >= 4 is 16.9 Å². The van der Waals surface area contributed by atoms with Gasteiger partial charge in [-0.05, 0) is 42.8 Å². The summed E-state index contributed by atoms with van der Waals surface area (Å²) in [6, 6.07) is 14.4. The maximum atomic E-state index is 12.3. The number of carbonyl (C=O) groups is 1. The zero-order chi connectivity index (χ0) is 17.1. The third kappa shape index (κ3) is 3.30. The number of amides is 1. The molecule has 0 aliphatic heterocycles. The molecule has 1 aromatic heterocycles. The van der Waals surface area contributed by atoms with Crippen LogP contribution in [0.3, 0.4) is 0 Å². The van der Waals surface area contributed by atoms with Gasteiger partial charge in [0.1, 0.15) is 16.9 Å². The molecule has 0 saturated carbocycles. The van der Waals surface area contributed by atoms with Gasteiger partial charge in [0.15, 0.2) is 0 Å². The van der Waals surface area contributed by atoms with Crippen LogP contribution in [0.2, 0.25) is 0 Å². The van der Waals surface area contributed by atoms with Gasteiger partial charge in [-0.15, -0.1) is 0 Å². The molecule has 0 aliphatic carbocycles. The molecule has 0 bridgehead atoms. The monoisotopic (exact) mass is 323 g/mol. The van der Waals surface area contributed by atoms with Crippen molar-refractivity contribution in [3.63, 3.8) is 0 Å². The van der Waals surface area contributed by atoms with Crippen LogP contribution in [0.25, 0.3) is 11.0 Å². The van der Waals surface area contributed by atoms with Crippen LogP contribution in [0.1, 0.15) is 21.5 Å². The van der Waals surface area contributed by atoms with E-state index in [2.05, 4.69) is 5.32 Å². The molecule has 2 aromatic carbocycles. The largest absolute Gasteiger partial charge is 0.497 e.